The zero-order valence-corrected chi connectivity index (χ0v) is 19.1. The Hall–Kier alpha value is -2.09. The van der Waals surface area contributed by atoms with Gasteiger partial charge >= 0.3 is 0 Å². The van der Waals surface area contributed by atoms with Crippen molar-refractivity contribution in [3.05, 3.63) is 29.3 Å². The second kappa shape index (κ2) is 14.8. The van der Waals surface area contributed by atoms with Gasteiger partial charge in [-0.2, -0.15) is 5.26 Å². The summed E-state index contributed by atoms with van der Waals surface area (Å²) < 4.78 is 11.5. The third kappa shape index (κ3) is 7.63. The zero-order valence-electron chi connectivity index (χ0n) is 19.1. The Labute approximate surface area is 182 Å². The number of ether oxygens (including phenoxy) is 2. The fourth-order valence-corrected chi connectivity index (χ4v) is 3.47. The molecule has 30 heavy (non-hydrogen) atoms. The summed E-state index contributed by atoms with van der Waals surface area (Å²) in [5.74, 6) is 10.8. The molecule has 2 aliphatic rings. The number of hydrogen-bond donors (Lipinski definition) is 1. The molecule has 0 bridgehead atoms. The largest absolute Gasteiger partial charge is 0.381 e. The van der Waals surface area contributed by atoms with E-state index >= 15 is 0 Å². The Morgan fingerprint density at radius 1 is 1.07 bits per heavy atom. The van der Waals surface area contributed by atoms with E-state index in [1.807, 2.05) is 45.9 Å². The highest BCUT2D eigenvalue weighted by Gasteiger charge is 2.33. The lowest BCUT2D eigenvalue weighted by Crippen LogP contribution is -2.43. The molecule has 6 nitrogen and oxygen atoms in total. The van der Waals surface area contributed by atoms with Gasteiger partial charge in [-0.25, -0.2) is 5.90 Å². The predicted octanol–water partition coefficient (Wildman–Crippen LogP) is 4.02. The fourth-order valence-electron chi connectivity index (χ4n) is 3.47. The molecule has 1 heterocycles. The molecule has 0 aromatic heterocycles. The molecule has 3 rings (SSSR count). The molecule has 166 valence electrons. The average molecular weight is 416 g/mol. The van der Waals surface area contributed by atoms with Crippen molar-refractivity contribution in [2.45, 2.75) is 71.7 Å². The summed E-state index contributed by atoms with van der Waals surface area (Å²) in [4.78, 5) is 6.72. The van der Waals surface area contributed by atoms with Crippen LogP contribution >= 0.6 is 0 Å². The number of hydrogen-bond acceptors (Lipinski definition) is 6. The third-order valence-corrected chi connectivity index (χ3v) is 5.06. The molecule has 1 aromatic rings. The van der Waals surface area contributed by atoms with Crippen LogP contribution in [-0.2, 0) is 14.3 Å². The zero-order chi connectivity index (χ0) is 22.4. The molecule has 6 heteroatoms. The monoisotopic (exact) mass is 415 g/mol. The fraction of sp³-hybridized carbons (Fsp3) is 0.625. The number of piperidine rings is 1. The van der Waals surface area contributed by atoms with E-state index in [0.29, 0.717) is 23.9 Å². The van der Waals surface area contributed by atoms with Crippen LogP contribution in [0.1, 0.15) is 64.5 Å². The van der Waals surface area contributed by atoms with Gasteiger partial charge in [0, 0.05) is 25.8 Å². The summed E-state index contributed by atoms with van der Waals surface area (Å²) in [6.07, 6.45) is 4.95. The van der Waals surface area contributed by atoms with Crippen molar-refractivity contribution in [3.63, 3.8) is 0 Å². The van der Waals surface area contributed by atoms with Gasteiger partial charge in [0.2, 0.25) is 0 Å². The lowest BCUT2D eigenvalue weighted by Gasteiger charge is -2.40. The number of rotatable bonds is 5. The molecule has 0 atom stereocenters. The van der Waals surface area contributed by atoms with E-state index < -0.39 is 0 Å². The summed E-state index contributed by atoms with van der Waals surface area (Å²) in [5, 5.41) is 9.43. The van der Waals surface area contributed by atoms with Gasteiger partial charge in [0.05, 0.1) is 29.6 Å². The molecular weight excluding hydrogens is 378 g/mol. The summed E-state index contributed by atoms with van der Waals surface area (Å²) >= 11 is 0. The highest BCUT2D eigenvalue weighted by molar-refractivity contribution is 5.63. The molecule has 1 aliphatic heterocycles. The van der Waals surface area contributed by atoms with Gasteiger partial charge in [-0.3, -0.25) is 4.84 Å². The van der Waals surface area contributed by atoms with Crippen molar-refractivity contribution < 1.29 is 14.3 Å². The first kappa shape index (κ1) is 25.9. The number of nitrogens with zero attached hydrogens (tertiary/aromatic N) is 2. The maximum Gasteiger partial charge on any atom is 0.129 e. The lowest BCUT2D eigenvalue weighted by molar-refractivity contribution is -0.119. The molecule has 1 aliphatic carbocycles. The summed E-state index contributed by atoms with van der Waals surface area (Å²) in [7, 11) is 1.76. The molecule has 0 unspecified atom stereocenters. The highest BCUT2D eigenvalue weighted by atomic mass is 16.6. The Kier molecular flexibility index (Phi) is 12.8. The van der Waals surface area contributed by atoms with Gasteiger partial charge in [0.25, 0.3) is 0 Å². The minimum absolute atomic E-state index is 0.184. The molecule has 1 aromatic carbocycles. The second-order valence-electron chi connectivity index (χ2n) is 6.73. The maximum absolute atomic E-state index is 9.43. The van der Waals surface area contributed by atoms with E-state index in [0.717, 1.165) is 50.0 Å². The van der Waals surface area contributed by atoms with Crippen molar-refractivity contribution >= 4 is 5.69 Å². The molecule has 2 N–H and O–H groups in total. The van der Waals surface area contributed by atoms with Crippen LogP contribution in [0, 0.1) is 23.2 Å². The standard InChI is InChI=1S/C20H25N3O3.2C2H6/c1-24-18-12-19(13-18)26-17-6-8-23(9-7-17)20-11-15(3-2-10-25-22)4-5-16(20)14-21;2*1-2/h4-5,11,17-19H,6-10,12-13,22H2,1H3;2*1-2H3. The first-order chi connectivity index (χ1) is 14.7. The third-order valence-electron chi connectivity index (χ3n) is 5.06. The van der Waals surface area contributed by atoms with E-state index in [2.05, 4.69) is 27.6 Å². The predicted molar refractivity (Wildman–Crippen MR) is 121 cm³/mol. The molecule has 0 radical (unpaired) electrons. The molecular formula is C24H37N3O3. The van der Waals surface area contributed by atoms with Crippen molar-refractivity contribution in [1.82, 2.24) is 0 Å². The van der Waals surface area contributed by atoms with Crippen molar-refractivity contribution in [2.24, 2.45) is 5.90 Å². The van der Waals surface area contributed by atoms with Crippen LogP contribution in [0.2, 0.25) is 0 Å². The molecule has 2 fully saturated rings. The van der Waals surface area contributed by atoms with Gasteiger partial charge in [-0.05, 0) is 43.9 Å². The Morgan fingerprint density at radius 3 is 2.30 bits per heavy atom. The van der Waals surface area contributed by atoms with E-state index in [1.54, 1.807) is 7.11 Å². The second-order valence-corrected chi connectivity index (χ2v) is 6.73. The van der Waals surface area contributed by atoms with Gasteiger partial charge in [-0.1, -0.05) is 39.5 Å². The van der Waals surface area contributed by atoms with Crippen molar-refractivity contribution in [2.75, 3.05) is 31.7 Å². The minimum atomic E-state index is 0.184. The van der Waals surface area contributed by atoms with Crippen LogP contribution in [0.15, 0.2) is 18.2 Å². The summed E-state index contributed by atoms with van der Waals surface area (Å²) in [6, 6.07) is 7.93. The Balaban J connectivity index is 0.00000106. The molecule has 1 saturated heterocycles. The minimum Gasteiger partial charge on any atom is -0.381 e. The topological polar surface area (TPSA) is 80.7 Å². The van der Waals surface area contributed by atoms with Crippen LogP contribution < -0.4 is 10.8 Å². The number of benzene rings is 1. The lowest BCUT2D eigenvalue weighted by atomic mass is 9.91. The van der Waals surface area contributed by atoms with Gasteiger partial charge in [0.15, 0.2) is 0 Å². The molecule has 1 saturated carbocycles. The van der Waals surface area contributed by atoms with Crippen molar-refractivity contribution in [3.8, 4) is 17.9 Å². The van der Waals surface area contributed by atoms with Gasteiger partial charge in [0.1, 0.15) is 12.7 Å². The van der Waals surface area contributed by atoms with E-state index in [9.17, 15) is 5.26 Å². The summed E-state index contributed by atoms with van der Waals surface area (Å²) in [5.41, 5.74) is 2.47. The first-order valence-corrected chi connectivity index (χ1v) is 11.0. The highest BCUT2D eigenvalue weighted by Crippen LogP contribution is 2.31. The smallest absolute Gasteiger partial charge is 0.129 e. The van der Waals surface area contributed by atoms with Crippen LogP contribution in [-0.4, -0.2) is 45.1 Å². The maximum atomic E-state index is 9.43. The molecule has 0 amide bonds. The summed E-state index contributed by atoms with van der Waals surface area (Å²) in [6.45, 7) is 9.94. The van der Waals surface area contributed by atoms with Crippen LogP contribution in [0.3, 0.4) is 0 Å². The Morgan fingerprint density at radius 2 is 1.73 bits per heavy atom. The van der Waals surface area contributed by atoms with E-state index in [-0.39, 0.29) is 6.61 Å². The number of nitriles is 1. The van der Waals surface area contributed by atoms with Crippen LogP contribution in [0.5, 0.6) is 0 Å². The molecule has 0 spiro atoms. The Bertz CT molecular complexity index is 707. The van der Waals surface area contributed by atoms with Crippen molar-refractivity contribution in [1.29, 1.82) is 5.26 Å². The van der Waals surface area contributed by atoms with Gasteiger partial charge < -0.3 is 14.4 Å². The quantitative estimate of drug-likeness (QED) is 0.578. The number of anilines is 1. The normalized spacial score (nSPS) is 20.2. The van der Waals surface area contributed by atoms with E-state index in [4.69, 9.17) is 15.4 Å². The number of methoxy groups -OCH3 is 1. The van der Waals surface area contributed by atoms with Crippen LogP contribution in [0.25, 0.3) is 0 Å². The average Bonchev–Trinajstić information content (AvgIpc) is 2.79. The van der Waals surface area contributed by atoms with Gasteiger partial charge in [-0.15, -0.1) is 0 Å². The SMILES string of the molecule is CC.CC.COC1CC(OC2CCN(c3cc(C#CCON)ccc3C#N)CC2)C1. The van der Waals surface area contributed by atoms with Crippen LogP contribution in [0.4, 0.5) is 5.69 Å². The first-order valence-electron chi connectivity index (χ1n) is 11.0. The number of nitrogens with two attached hydrogens (primary N) is 1. The van der Waals surface area contributed by atoms with E-state index in [1.165, 1.54) is 0 Å².